The molecule has 0 aromatic heterocycles. The Bertz CT molecular complexity index is 470. The number of Topliss-reactive ketones (excluding diaryl/α,β-unsaturated/α-hetero) is 1. The lowest BCUT2D eigenvalue weighted by Crippen LogP contribution is -2.24. The summed E-state index contributed by atoms with van der Waals surface area (Å²) in [6, 6.07) is 7.03. The van der Waals surface area contributed by atoms with Crippen LogP contribution in [0.1, 0.15) is 37.0 Å². The fourth-order valence-corrected chi connectivity index (χ4v) is 1.87. The van der Waals surface area contributed by atoms with E-state index >= 15 is 0 Å². The first-order chi connectivity index (χ1) is 8.38. The third-order valence-corrected chi connectivity index (χ3v) is 3.26. The molecule has 96 valence electrons. The number of hydrogen-bond donors (Lipinski definition) is 1. The molecule has 18 heavy (non-hydrogen) atoms. The van der Waals surface area contributed by atoms with Gasteiger partial charge in [0.05, 0.1) is 4.32 Å². The van der Waals surface area contributed by atoms with Gasteiger partial charge >= 0.3 is 0 Å². The van der Waals surface area contributed by atoms with Crippen molar-refractivity contribution < 1.29 is 9.59 Å². The molecule has 2 rings (SSSR count). The third-order valence-electron chi connectivity index (χ3n) is 2.90. The third kappa shape index (κ3) is 3.19. The number of halogens is 1. The van der Waals surface area contributed by atoms with Gasteiger partial charge in [-0.25, -0.2) is 0 Å². The van der Waals surface area contributed by atoms with Crippen LogP contribution in [0.15, 0.2) is 24.3 Å². The highest BCUT2D eigenvalue weighted by molar-refractivity contribution is 9.10. The first-order valence-corrected chi connectivity index (χ1v) is 6.82. The van der Waals surface area contributed by atoms with E-state index in [-0.39, 0.29) is 17.6 Å². The van der Waals surface area contributed by atoms with Crippen LogP contribution in [0.5, 0.6) is 0 Å². The van der Waals surface area contributed by atoms with Crippen LogP contribution < -0.4 is 5.32 Å². The summed E-state index contributed by atoms with van der Waals surface area (Å²) in [7, 11) is 0. The second-order valence-corrected chi connectivity index (χ2v) is 7.12. The molecule has 0 unspecified atom stereocenters. The lowest BCUT2D eigenvalue weighted by Gasteiger charge is -2.14. The van der Waals surface area contributed by atoms with Gasteiger partial charge in [0.2, 0.25) is 5.91 Å². The minimum Gasteiger partial charge on any atom is -0.326 e. The number of amides is 1. The van der Waals surface area contributed by atoms with Crippen LogP contribution >= 0.6 is 15.9 Å². The lowest BCUT2D eigenvalue weighted by atomic mass is 10.0. The van der Waals surface area contributed by atoms with Crippen molar-refractivity contribution >= 4 is 33.3 Å². The van der Waals surface area contributed by atoms with Gasteiger partial charge in [0, 0.05) is 17.2 Å². The highest BCUT2D eigenvalue weighted by Gasteiger charge is 2.29. The molecule has 1 N–H and O–H groups in total. The van der Waals surface area contributed by atoms with Gasteiger partial charge in [0.25, 0.3) is 0 Å². The number of nitrogens with one attached hydrogen (secondary N) is 1. The maximum Gasteiger partial charge on any atom is 0.227 e. The molecule has 0 radical (unpaired) electrons. The Hall–Kier alpha value is -1.16. The van der Waals surface area contributed by atoms with Crippen molar-refractivity contribution in [1.82, 2.24) is 0 Å². The second kappa shape index (κ2) is 4.84. The SMILES string of the molecule is CC(C)(Br)C(=O)c1ccc(NC(=O)C2CC2)cc1. The first-order valence-electron chi connectivity index (χ1n) is 6.02. The highest BCUT2D eigenvalue weighted by atomic mass is 79.9. The van der Waals surface area contributed by atoms with Crippen LogP contribution in [0.4, 0.5) is 5.69 Å². The molecule has 0 spiro atoms. The maximum atomic E-state index is 12.0. The summed E-state index contributed by atoms with van der Waals surface area (Å²) in [5, 5.41) is 2.85. The summed E-state index contributed by atoms with van der Waals surface area (Å²) in [5.41, 5.74) is 1.39. The average Bonchev–Trinajstić information content (AvgIpc) is 3.11. The quantitative estimate of drug-likeness (QED) is 0.684. The van der Waals surface area contributed by atoms with E-state index in [4.69, 9.17) is 0 Å². The van der Waals surface area contributed by atoms with E-state index in [1.165, 1.54) is 0 Å². The molecular formula is C14H16BrNO2. The summed E-state index contributed by atoms with van der Waals surface area (Å²) in [5.74, 6) is 0.297. The van der Waals surface area contributed by atoms with Gasteiger partial charge in [-0.1, -0.05) is 15.9 Å². The summed E-state index contributed by atoms with van der Waals surface area (Å²) in [6.45, 7) is 3.64. The van der Waals surface area contributed by atoms with Crippen molar-refractivity contribution in [1.29, 1.82) is 0 Å². The zero-order chi connectivity index (χ0) is 13.3. The number of carbonyl (C=O) groups excluding carboxylic acids is 2. The molecule has 1 saturated carbocycles. The van der Waals surface area contributed by atoms with Gasteiger partial charge in [-0.15, -0.1) is 0 Å². The first kappa shape index (κ1) is 13.3. The Kier molecular flexibility index (Phi) is 3.57. The fourth-order valence-electron chi connectivity index (χ4n) is 1.64. The molecule has 1 amide bonds. The topological polar surface area (TPSA) is 46.2 Å². The van der Waals surface area contributed by atoms with Crippen LogP contribution in [0.3, 0.4) is 0 Å². The minimum atomic E-state index is -0.564. The number of anilines is 1. The standard InChI is InChI=1S/C14H16BrNO2/c1-14(2,15)12(17)9-5-7-11(8-6-9)16-13(18)10-3-4-10/h5-8,10H,3-4H2,1-2H3,(H,16,18). The second-order valence-electron chi connectivity index (χ2n) is 5.14. The average molecular weight is 310 g/mol. The molecule has 1 aliphatic carbocycles. The number of rotatable bonds is 4. The van der Waals surface area contributed by atoms with Gasteiger partial charge in [0.1, 0.15) is 0 Å². The molecule has 1 aliphatic rings. The predicted octanol–water partition coefficient (Wildman–Crippen LogP) is 3.39. The van der Waals surface area contributed by atoms with Crippen LogP contribution in [-0.4, -0.2) is 16.0 Å². The number of hydrogen-bond acceptors (Lipinski definition) is 2. The number of ketones is 1. The smallest absolute Gasteiger partial charge is 0.227 e. The van der Waals surface area contributed by atoms with E-state index in [9.17, 15) is 9.59 Å². The van der Waals surface area contributed by atoms with Gasteiger partial charge < -0.3 is 5.32 Å². The Balaban J connectivity index is 2.05. The molecule has 0 heterocycles. The molecule has 1 aromatic rings. The lowest BCUT2D eigenvalue weighted by molar-refractivity contribution is -0.117. The number of alkyl halides is 1. The molecule has 0 saturated heterocycles. The van der Waals surface area contributed by atoms with E-state index < -0.39 is 4.32 Å². The van der Waals surface area contributed by atoms with E-state index in [0.29, 0.717) is 5.56 Å². The van der Waals surface area contributed by atoms with Crippen molar-refractivity contribution in [3.8, 4) is 0 Å². The van der Waals surface area contributed by atoms with Crippen LogP contribution in [0.25, 0.3) is 0 Å². The van der Waals surface area contributed by atoms with Crippen LogP contribution in [0, 0.1) is 5.92 Å². The number of carbonyl (C=O) groups is 2. The van der Waals surface area contributed by atoms with Crippen molar-refractivity contribution in [2.45, 2.75) is 31.0 Å². The molecule has 1 fully saturated rings. The largest absolute Gasteiger partial charge is 0.326 e. The van der Waals surface area contributed by atoms with E-state index in [1.54, 1.807) is 24.3 Å². The Labute approximate surface area is 115 Å². The maximum absolute atomic E-state index is 12.0. The minimum absolute atomic E-state index is 0.0302. The molecule has 0 atom stereocenters. The van der Waals surface area contributed by atoms with E-state index in [0.717, 1.165) is 18.5 Å². The van der Waals surface area contributed by atoms with Crippen molar-refractivity contribution in [2.24, 2.45) is 5.92 Å². The zero-order valence-electron chi connectivity index (χ0n) is 10.5. The molecule has 0 bridgehead atoms. The van der Waals surface area contributed by atoms with Crippen molar-refractivity contribution in [3.05, 3.63) is 29.8 Å². The zero-order valence-corrected chi connectivity index (χ0v) is 12.1. The van der Waals surface area contributed by atoms with Gasteiger partial charge in [-0.05, 0) is 51.0 Å². The molecule has 1 aromatic carbocycles. The fraction of sp³-hybridized carbons (Fsp3) is 0.429. The predicted molar refractivity (Wildman–Crippen MR) is 75.1 cm³/mol. The van der Waals surface area contributed by atoms with Crippen molar-refractivity contribution in [3.63, 3.8) is 0 Å². The molecule has 3 nitrogen and oxygen atoms in total. The molecule has 4 heteroatoms. The Morgan fingerprint density at radius 3 is 2.22 bits per heavy atom. The van der Waals surface area contributed by atoms with E-state index in [2.05, 4.69) is 21.2 Å². The summed E-state index contributed by atoms with van der Waals surface area (Å²) in [4.78, 5) is 23.6. The van der Waals surface area contributed by atoms with Crippen molar-refractivity contribution in [2.75, 3.05) is 5.32 Å². The van der Waals surface area contributed by atoms with Gasteiger partial charge in [-0.3, -0.25) is 9.59 Å². The van der Waals surface area contributed by atoms with Crippen LogP contribution in [-0.2, 0) is 4.79 Å². The molecule has 0 aliphatic heterocycles. The Morgan fingerprint density at radius 1 is 1.22 bits per heavy atom. The molecular weight excluding hydrogens is 294 g/mol. The van der Waals surface area contributed by atoms with E-state index in [1.807, 2.05) is 13.8 Å². The van der Waals surface area contributed by atoms with Gasteiger partial charge in [0.15, 0.2) is 5.78 Å². The Morgan fingerprint density at radius 2 is 1.78 bits per heavy atom. The summed E-state index contributed by atoms with van der Waals surface area (Å²) >= 11 is 3.35. The van der Waals surface area contributed by atoms with Gasteiger partial charge in [-0.2, -0.15) is 0 Å². The van der Waals surface area contributed by atoms with Crippen LogP contribution in [0.2, 0.25) is 0 Å². The number of benzene rings is 1. The monoisotopic (exact) mass is 309 g/mol. The summed E-state index contributed by atoms with van der Waals surface area (Å²) < 4.78 is -0.564. The summed E-state index contributed by atoms with van der Waals surface area (Å²) in [6.07, 6.45) is 1.97. The highest BCUT2D eigenvalue weighted by Crippen LogP contribution is 2.30. The normalized spacial score (nSPS) is 15.3.